The molecule has 0 atom stereocenters. The molecule has 0 saturated carbocycles. The van der Waals surface area contributed by atoms with Crippen molar-refractivity contribution in [3.63, 3.8) is 0 Å². The number of para-hydroxylation sites is 4. The van der Waals surface area contributed by atoms with Crippen LogP contribution in [0.25, 0.3) is 22.2 Å². The molecule has 1 aliphatic heterocycles. The molecule has 0 bridgehead atoms. The van der Waals surface area contributed by atoms with Gasteiger partial charge in [0.25, 0.3) is 11.8 Å². The highest BCUT2D eigenvalue weighted by molar-refractivity contribution is 5.93. The SMILES string of the molecule is O=C(c1nc2ccccc2o1)N1CCCN(C(=O)c2nc3ccccc3o2)CC1. The van der Waals surface area contributed by atoms with Crippen molar-refractivity contribution in [3.8, 4) is 0 Å². The van der Waals surface area contributed by atoms with Crippen molar-refractivity contribution < 1.29 is 18.4 Å². The fraction of sp³-hybridized carbons (Fsp3) is 0.238. The number of carbonyl (C=O) groups excluding carboxylic acids is 2. The number of aromatic nitrogens is 2. The van der Waals surface area contributed by atoms with E-state index in [1.54, 1.807) is 34.1 Å². The molecule has 3 heterocycles. The minimum absolute atomic E-state index is 0.0740. The van der Waals surface area contributed by atoms with Crippen LogP contribution in [0.2, 0.25) is 0 Å². The summed E-state index contributed by atoms with van der Waals surface area (Å²) in [6.07, 6.45) is 0.651. The standard InChI is InChI=1S/C21H18N4O4/c26-20(18-22-14-6-1-3-8-16(14)28-18)24-10-5-11-25(13-12-24)21(27)19-23-15-7-2-4-9-17(15)29-19/h1-4,6-9H,5,10-13H2. The van der Waals surface area contributed by atoms with Crippen LogP contribution in [-0.2, 0) is 0 Å². The first-order valence-corrected chi connectivity index (χ1v) is 9.49. The predicted molar refractivity (Wildman–Crippen MR) is 104 cm³/mol. The predicted octanol–water partition coefficient (Wildman–Crippen LogP) is 2.96. The van der Waals surface area contributed by atoms with E-state index in [1.165, 1.54) is 0 Å². The summed E-state index contributed by atoms with van der Waals surface area (Å²) in [4.78, 5) is 37.5. The second-order valence-electron chi connectivity index (χ2n) is 6.91. The normalized spacial score (nSPS) is 15.0. The fourth-order valence-electron chi connectivity index (χ4n) is 3.52. The van der Waals surface area contributed by atoms with E-state index in [9.17, 15) is 9.59 Å². The average molecular weight is 390 g/mol. The number of oxazole rings is 2. The highest BCUT2D eigenvalue weighted by Gasteiger charge is 2.28. The third kappa shape index (κ3) is 3.22. The molecule has 5 rings (SSSR count). The van der Waals surface area contributed by atoms with Gasteiger partial charge in [-0.15, -0.1) is 0 Å². The quantitative estimate of drug-likeness (QED) is 0.522. The summed E-state index contributed by atoms with van der Waals surface area (Å²) in [5.74, 6) is -0.385. The zero-order valence-corrected chi connectivity index (χ0v) is 15.6. The van der Waals surface area contributed by atoms with Gasteiger partial charge in [-0.2, -0.15) is 0 Å². The first-order chi connectivity index (χ1) is 14.2. The average Bonchev–Trinajstić information content (AvgIpc) is 3.30. The topological polar surface area (TPSA) is 92.7 Å². The van der Waals surface area contributed by atoms with Crippen molar-refractivity contribution in [1.82, 2.24) is 19.8 Å². The third-order valence-corrected chi connectivity index (χ3v) is 5.02. The molecule has 8 nitrogen and oxygen atoms in total. The molecule has 2 aromatic heterocycles. The van der Waals surface area contributed by atoms with Gasteiger partial charge < -0.3 is 18.6 Å². The second-order valence-corrected chi connectivity index (χ2v) is 6.91. The van der Waals surface area contributed by atoms with Crippen LogP contribution in [0.15, 0.2) is 57.4 Å². The Kier molecular flexibility index (Phi) is 4.23. The molecule has 146 valence electrons. The van der Waals surface area contributed by atoms with E-state index >= 15 is 0 Å². The molecule has 0 N–H and O–H groups in total. The van der Waals surface area contributed by atoms with Gasteiger partial charge in [0.2, 0.25) is 0 Å². The van der Waals surface area contributed by atoms with E-state index in [1.807, 2.05) is 24.3 Å². The summed E-state index contributed by atoms with van der Waals surface area (Å²) in [6, 6.07) is 14.5. The largest absolute Gasteiger partial charge is 0.432 e. The summed E-state index contributed by atoms with van der Waals surface area (Å²) in [6.45, 7) is 1.83. The van der Waals surface area contributed by atoms with Gasteiger partial charge in [0.05, 0.1) is 0 Å². The van der Waals surface area contributed by atoms with Crippen molar-refractivity contribution in [2.75, 3.05) is 26.2 Å². The van der Waals surface area contributed by atoms with Crippen LogP contribution >= 0.6 is 0 Å². The maximum absolute atomic E-state index is 12.8. The van der Waals surface area contributed by atoms with Crippen molar-refractivity contribution in [3.05, 3.63) is 60.3 Å². The van der Waals surface area contributed by atoms with Gasteiger partial charge in [0.1, 0.15) is 11.0 Å². The number of fused-ring (bicyclic) bond motifs is 2. The van der Waals surface area contributed by atoms with Crippen LogP contribution in [0.1, 0.15) is 27.8 Å². The molecule has 0 spiro atoms. The number of nitrogens with zero attached hydrogens (tertiary/aromatic N) is 4. The smallest absolute Gasteiger partial charge is 0.309 e. The molecule has 1 aliphatic rings. The van der Waals surface area contributed by atoms with E-state index in [4.69, 9.17) is 8.83 Å². The van der Waals surface area contributed by atoms with Crippen molar-refractivity contribution in [2.24, 2.45) is 0 Å². The van der Waals surface area contributed by atoms with Crippen molar-refractivity contribution in [2.45, 2.75) is 6.42 Å². The number of rotatable bonds is 2. The Morgan fingerprint density at radius 3 is 1.59 bits per heavy atom. The molecule has 0 aliphatic carbocycles. The summed E-state index contributed by atoms with van der Waals surface area (Å²) < 4.78 is 11.2. The monoisotopic (exact) mass is 390 g/mol. The Labute approximate surface area is 165 Å². The highest BCUT2D eigenvalue weighted by atomic mass is 16.4. The highest BCUT2D eigenvalue weighted by Crippen LogP contribution is 2.19. The zero-order valence-electron chi connectivity index (χ0n) is 15.6. The van der Waals surface area contributed by atoms with E-state index in [2.05, 4.69) is 9.97 Å². The van der Waals surface area contributed by atoms with E-state index < -0.39 is 0 Å². The van der Waals surface area contributed by atoms with Crippen LogP contribution in [0.3, 0.4) is 0 Å². The van der Waals surface area contributed by atoms with Gasteiger partial charge >= 0.3 is 11.8 Å². The first-order valence-electron chi connectivity index (χ1n) is 9.49. The van der Waals surface area contributed by atoms with Crippen LogP contribution in [0.5, 0.6) is 0 Å². The number of carbonyl (C=O) groups is 2. The Morgan fingerprint density at radius 1 is 0.690 bits per heavy atom. The molecule has 2 aromatic carbocycles. The lowest BCUT2D eigenvalue weighted by Crippen LogP contribution is -2.37. The van der Waals surface area contributed by atoms with Gasteiger partial charge in [0.15, 0.2) is 11.2 Å². The fourth-order valence-corrected chi connectivity index (χ4v) is 3.52. The van der Waals surface area contributed by atoms with E-state index in [0.717, 1.165) is 0 Å². The lowest BCUT2D eigenvalue weighted by Gasteiger charge is -2.20. The number of hydrogen-bond donors (Lipinski definition) is 0. The lowest BCUT2D eigenvalue weighted by atomic mass is 10.3. The van der Waals surface area contributed by atoms with E-state index in [0.29, 0.717) is 54.8 Å². The van der Waals surface area contributed by atoms with Crippen LogP contribution in [-0.4, -0.2) is 57.8 Å². The molecular formula is C21H18N4O4. The van der Waals surface area contributed by atoms with Gasteiger partial charge in [0, 0.05) is 26.2 Å². The maximum Gasteiger partial charge on any atom is 0.309 e. The molecule has 0 radical (unpaired) electrons. The van der Waals surface area contributed by atoms with Gasteiger partial charge in [-0.05, 0) is 30.7 Å². The molecule has 1 saturated heterocycles. The van der Waals surface area contributed by atoms with Crippen LogP contribution in [0, 0.1) is 0 Å². The van der Waals surface area contributed by atoms with E-state index in [-0.39, 0.29) is 23.6 Å². The number of benzene rings is 2. The lowest BCUT2D eigenvalue weighted by molar-refractivity contribution is 0.0681. The molecule has 2 amide bonds. The maximum atomic E-state index is 12.8. The third-order valence-electron chi connectivity index (χ3n) is 5.02. The molecule has 4 aromatic rings. The Morgan fingerprint density at radius 2 is 1.14 bits per heavy atom. The Bertz CT molecular complexity index is 1050. The van der Waals surface area contributed by atoms with Gasteiger partial charge in [-0.1, -0.05) is 24.3 Å². The molecule has 0 unspecified atom stereocenters. The van der Waals surface area contributed by atoms with Gasteiger partial charge in [-0.3, -0.25) is 9.59 Å². The number of amides is 2. The van der Waals surface area contributed by atoms with Gasteiger partial charge in [-0.25, -0.2) is 9.97 Å². The second kappa shape index (κ2) is 7.05. The Balaban J connectivity index is 1.30. The zero-order chi connectivity index (χ0) is 19.8. The molecular weight excluding hydrogens is 372 g/mol. The molecule has 8 heteroatoms. The number of hydrogen-bond acceptors (Lipinski definition) is 6. The molecule has 29 heavy (non-hydrogen) atoms. The molecule has 1 fully saturated rings. The minimum atomic E-state index is -0.266. The van der Waals surface area contributed by atoms with Crippen molar-refractivity contribution >= 4 is 34.0 Å². The summed E-state index contributed by atoms with van der Waals surface area (Å²) in [5, 5.41) is 0. The van der Waals surface area contributed by atoms with Crippen molar-refractivity contribution in [1.29, 1.82) is 0 Å². The van der Waals surface area contributed by atoms with Crippen LogP contribution in [0.4, 0.5) is 0 Å². The summed E-state index contributed by atoms with van der Waals surface area (Å²) >= 11 is 0. The minimum Gasteiger partial charge on any atom is -0.432 e. The first kappa shape index (κ1) is 17.4. The Hall–Kier alpha value is -3.68. The summed E-state index contributed by atoms with van der Waals surface area (Å²) in [5.41, 5.74) is 2.47. The summed E-state index contributed by atoms with van der Waals surface area (Å²) in [7, 11) is 0. The van der Waals surface area contributed by atoms with Crippen LogP contribution < -0.4 is 0 Å².